The van der Waals surface area contributed by atoms with Gasteiger partial charge >= 0.3 is 5.97 Å². The number of Topliss-reactive ketones (excluding diaryl/α,β-unsaturated/α-hetero) is 1. The first-order valence-electron chi connectivity index (χ1n) is 11.0. The number of carbonyl (C=O) groups excluding carboxylic acids is 3. The minimum absolute atomic E-state index is 0.00905. The summed E-state index contributed by atoms with van der Waals surface area (Å²) in [5, 5.41) is 0. The van der Waals surface area contributed by atoms with E-state index >= 15 is 4.39 Å². The van der Waals surface area contributed by atoms with E-state index in [1.807, 2.05) is 13.0 Å². The molecule has 1 heterocycles. The molecule has 5 rings (SSSR count). The molecule has 1 saturated heterocycles. The number of esters is 1. The van der Waals surface area contributed by atoms with Gasteiger partial charge in [0.05, 0.1) is 6.10 Å². The van der Waals surface area contributed by atoms with Gasteiger partial charge in [-0.3, -0.25) is 14.4 Å². The Morgan fingerprint density at radius 2 is 2.00 bits per heavy atom. The van der Waals surface area contributed by atoms with Crippen molar-refractivity contribution in [3.05, 3.63) is 23.8 Å². The third kappa shape index (κ3) is 2.34. The van der Waals surface area contributed by atoms with E-state index in [4.69, 9.17) is 9.47 Å². The van der Waals surface area contributed by atoms with Crippen LogP contribution in [0, 0.1) is 34.5 Å². The van der Waals surface area contributed by atoms with Gasteiger partial charge in [-0.25, -0.2) is 4.39 Å². The lowest BCUT2D eigenvalue weighted by Gasteiger charge is -2.55. The first-order chi connectivity index (χ1) is 14.0. The molecule has 4 fully saturated rings. The molecule has 0 radical (unpaired) electrons. The van der Waals surface area contributed by atoms with Crippen molar-refractivity contribution in [2.24, 2.45) is 34.5 Å². The minimum Gasteiger partial charge on any atom is -0.458 e. The third-order valence-electron chi connectivity index (χ3n) is 9.03. The molecule has 9 atom stereocenters. The van der Waals surface area contributed by atoms with Gasteiger partial charge in [0.15, 0.2) is 11.6 Å². The monoisotopic (exact) mass is 416 g/mol. The van der Waals surface area contributed by atoms with Crippen LogP contribution in [0.2, 0.25) is 0 Å². The maximum absolute atomic E-state index is 15.4. The van der Waals surface area contributed by atoms with Crippen LogP contribution in [0.5, 0.6) is 0 Å². The molecule has 5 aliphatic rings. The summed E-state index contributed by atoms with van der Waals surface area (Å²) >= 11 is 0. The number of ketones is 2. The molecule has 1 spiro atoms. The molecule has 0 aromatic heterocycles. The van der Waals surface area contributed by atoms with Crippen LogP contribution in [0.3, 0.4) is 0 Å². The Balaban J connectivity index is 1.51. The predicted molar refractivity (Wildman–Crippen MR) is 106 cm³/mol. The quantitative estimate of drug-likeness (QED) is 0.521. The van der Waals surface area contributed by atoms with Crippen LogP contribution in [0.15, 0.2) is 23.8 Å². The van der Waals surface area contributed by atoms with E-state index < -0.39 is 23.2 Å². The number of halogens is 1. The molecular weight excluding hydrogens is 387 g/mol. The fraction of sp³-hybridized carbons (Fsp3) is 0.708. The van der Waals surface area contributed by atoms with Gasteiger partial charge in [-0.05, 0) is 67.1 Å². The number of carbonyl (C=O) groups is 3. The zero-order valence-corrected chi connectivity index (χ0v) is 17.9. The molecule has 0 amide bonds. The molecule has 6 heteroatoms. The first-order valence-corrected chi connectivity index (χ1v) is 11.0. The third-order valence-corrected chi connectivity index (χ3v) is 9.03. The van der Waals surface area contributed by atoms with Crippen molar-refractivity contribution < 1.29 is 28.2 Å². The topological polar surface area (TPSA) is 73.0 Å². The first kappa shape index (κ1) is 20.1. The van der Waals surface area contributed by atoms with E-state index in [2.05, 4.69) is 13.8 Å². The summed E-state index contributed by atoms with van der Waals surface area (Å²) < 4.78 is 26.8. The average molecular weight is 416 g/mol. The van der Waals surface area contributed by atoms with Crippen molar-refractivity contribution in [3.63, 3.8) is 0 Å². The summed E-state index contributed by atoms with van der Waals surface area (Å²) in [5.74, 6) is -0.603. The summed E-state index contributed by atoms with van der Waals surface area (Å²) in [4.78, 5) is 36.2. The molecule has 0 aromatic carbocycles. The van der Waals surface area contributed by atoms with Gasteiger partial charge in [-0.15, -0.1) is 0 Å². The Labute approximate surface area is 176 Å². The molecule has 0 aromatic rings. The van der Waals surface area contributed by atoms with Crippen LogP contribution in [0.25, 0.3) is 0 Å². The summed E-state index contributed by atoms with van der Waals surface area (Å²) in [5.41, 5.74) is -0.877. The smallest absolute Gasteiger partial charge is 0.303 e. The highest BCUT2D eigenvalue weighted by molar-refractivity contribution is 6.01. The van der Waals surface area contributed by atoms with Crippen molar-refractivity contribution in [3.8, 4) is 0 Å². The Bertz CT molecular complexity index is 907. The van der Waals surface area contributed by atoms with Crippen LogP contribution >= 0.6 is 0 Å². The maximum Gasteiger partial charge on any atom is 0.303 e. The van der Waals surface area contributed by atoms with Crippen molar-refractivity contribution >= 4 is 17.5 Å². The molecule has 1 aliphatic heterocycles. The van der Waals surface area contributed by atoms with Gasteiger partial charge in [0.1, 0.15) is 18.4 Å². The highest BCUT2D eigenvalue weighted by Gasteiger charge is 2.80. The van der Waals surface area contributed by atoms with Crippen LogP contribution in [0.4, 0.5) is 4.39 Å². The van der Waals surface area contributed by atoms with Gasteiger partial charge < -0.3 is 9.47 Å². The fourth-order valence-corrected chi connectivity index (χ4v) is 7.95. The number of hydrogen-bond donors (Lipinski definition) is 0. The standard InChI is InChI=1S/C24H29FO5/c1-12-7-15-16-9-18(25)17-8-14(27)5-6-23(17,4)24(16)20(30-24)10-22(15,3)21(12)19(28)11-29-13(2)26/h5-6,8,12,15-16,18,20-21H,7,9-11H2,1-4H3/t12-,15+,16+,18+,20+,21-,22+,23+,24-/m1/s1. The number of allylic oxidation sites excluding steroid dienone is 2. The summed E-state index contributed by atoms with van der Waals surface area (Å²) in [6.45, 7) is 7.34. The van der Waals surface area contributed by atoms with Gasteiger partial charge in [0, 0.05) is 18.3 Å². The van der Waals surface area contributed by atoms with Gasteiger partial charge in [-0.2, -0.15) is 0 Å². The van der Waals surface area contributed by atoms with Crippen molar-refractivity contribution in [1.29, 1.82) is 0 Å². The van der Waals surface area contributed by atoms with Crippen molar-refractivity contribution in [2.75, 3.05) is 6.61 Å². The van der Waals surface area contributed by atoms with Crippen LogP contribution in [-0.2, 0) is 23.9 Å². The van der Waals surface area contributed by atoms with E-state index in [0.29, 0.717) is 12.0 Å². The minimum atomic E-state index is -1.18. The van der Waals surface area contributed by atoms with E-state index in [1.165, 1.54) is 13.0 Å². The molecule has 0 unspecified atom stereocenters. The molecule has 30 heavy (non-hydrogen) atoms. The lowest BCUT2D eigenvalue weighted by atomic mass is 9.47. The van der Waals surface area contributed by atoms with Crippen molar-refractivity contribution in [1.82, 2.24) is 0 Å². The average Bonchev–Trinajstić information content (AvgIpc) is 3.31. The number of ether oxygens (including phenoxy) is 2. The number of hydrogen-bond acceptors (Lipinski definition) is 5. The fourth-order valence-electron chi connectivity index (χ4n) is 7.95. The molecule has 3 saturated carbocycles. The molecular formula is C24H29FO5. The lowest BCUT2D eigenvalue weighted by molar-refractivity contribution is -0.149. The summed E-state index contributed by atoms with van der Waals surface area (Å²) in [6, 6.07) is 0. The SMILES string of the molecule is CC(=O)OCC(=O)[C@H]1[C@H](C)C[C@H]2[C@@H]3C[C@H](F)C4=CC(=O)C=C[C@]4(C)[C@@]34O[C@H]4C[C@@]21C. The van der Waals surface area contributed by atoms with E-state index in [0.717, 1.165) is 12.8 Å². The molecule has 5 nitrogen and oxygen atoms in total. The van der Waals surface area contributed by atoms with Crippen LogP contribution in [0.1, 0.15) is 47.0 Å². The molecule has 162 valence electrons. The van der Waals surface area contributed by atoms with E-state index in [1.54, 1.807) is 6.08 Å². The number of fused-ring (bicyclic) bond motifs is 3. The van der Waals surface area contributed by atoms with Crippen LogP contribution < -0.4 is 0 Å². The van der Waals surface area contributed by atoms with Gasteiger partial charge in [0.2, 0.25) is 0 Å². The normalized spacial score (nSPS) is 50.6. The Morgan fingerprint density at radius 3 is 2.70 bits per heavy atom. The number of rotatable bonds is 3. The Kier molecular flexibility index (Phi) is 4.10. The van der Waals surface area contributed by atoms with Gasteiger partial charge in [-0.1, -0.05) is 19.9 Å². The highest BCUT2D eigenvalue weighted by atomic mass is 19.1. The second-order valence-electron chi connectivity index (χ2n) is 10.5. The van der Waals surface area contributed by atoms with Crippen molar-refractivity contribution in [2.45, 2.75) is 64.8 Å². The molecule has 0 bridgehead atoms. The summed E-state index contributed by atoms with van der Waals surface area (Å²) in [7, 11) is 0. The highest BCUT2D eigenvalue weighted by Crippen LogP contribution is 2.76. The largest absolute Gasteiger partial charge is 0.458 e. The number of epoxide rings is 1. The van der Waals surface area contributed by atoms with E-state index in [9.17, 15) is 14.4 Å². The second kappa shape index (κ2) is 6.12. The lowest BCUT2D eigenvalue weighted by Crippen LogP contribution is -2.59. The summed E-state index contributed by atoms with van der Waals surface area (Å²) in [6.07, 6.45) is 5.52. The Morgan fingerprint density at radius 1 is 1.27 bits per heavy atom. The zero-order valence-electron chi connectivity index (χ0n) is 17.9. The number of alkyl halides is 1. The Hall–Kier alpha value is -1.82. The van der Waals surface area contributed by atoms with Gasteiger partial charge in [0.25, 0.3) is 0 Å². The predicted octanol–water partition coefficient (Wildman–Crippen LogP) is 3.37. The molecule has 0 N–H and O–H groups in total. The maximum atomic E-state index is 15.4. The van der Waals surface area contributed by atoms with E-state index in [-0.39, 0.29) is 53.4 Å². The second-order valence-corrected chi connectivity index (χ2v) is 10.5. The van der Waals surface area contributed by atoms with Crippen LogP contribution in [-0.4, -0.2) is 42.0 Å². The molecule has 4 aliphatic carbocycles. The zero-order chi connectivity index (χ0) is 21.6.